The van der Waals surface area contributed by atoms with E-state index in [1.165, 1.54) is 18.1 Å². The minimum absolute atomic E-state index is 0.127. The Morgan fingerprint density at radius 2 is 1.63 bits per heavy atom. The summed E-state index contributed by atoms with van der Waals surface area (Å²) < 4.78 is 0. The largest absolute Gasteiger partial charge is 0.479 e. The number of hydrogen-bond donors (Lipinski definition) is 2. The minimum atomic E-state index is -1.60. The molecule has 0 aliphatic heterocycles. The predicted octanol–water partition coefficient (Wildman–Crippen LogP) is 2.26. The van der Waals surface area contributed by atoms with E-state index in [9.17, 15) is 15.0 Å². The second-order valence-corrected chi connectivity index (χ2v) is 6.25. The van der Waals surface area contributed by atoms with Gasteiger partial charge < -0.3 is 10.2 Å². The maximum atomic E-state index is 11.4. The zero-order valence-corrected chi connectivity index (χ0v) is 11.2. The van der Waals surface area contributed by atoms with E-state index >= 15 is 0 Å². The van der Waals surface area contributed by atoms with Crippen molar-refractivity contribution in [2.75, 3.05) is 0 Å². The highest BCUT2D eigenvalue weighted by Crippen LogP contribution is 2.49. The lowest BCUT2D eigenvalue weighted by molar-refractivity contribution is -0.166. The number of hydrogen-bond acceptors (Lipinski definition) is 2. The summed E-state index contributed by atoms with van der Waals surface area (Å²) in [6.07, 6.45) is 3.88. The monoisotopic (exact) mass is 260 g/mol. The van der Waals surface area contributed by atoms with Crippen LogP contribution in [0.5, 0.6) is 0 Å². The molecule has 2 bridgehead atoms. The van der Waals surface area contributed by atoms with Crippen LogP contribution in [0.25, 0.3) is 0 Å². The van der Waals surface area contributed by atoms with Crippen LogP contribution in [0.4, 0.5) is 0 Å². The van der Waals surface area contributed by atoms with Crippen LogP contribution in [0.1, 0.15) is 30.9 Å². The van der Waals surface area contributed by atoms with Crippen LogP contribution in [-0.2, 0) is 17.6 Å². The first-order valence-corrected chi connectivity index (χ1v) is 7.02. The van der Waals surface area contributed by atoms with E-state index in [1.54, 1.807) is 0 Å². The molecule has 2 aliphatic carbocycles. The first-order valence-electron chi connectivity index (χ1n) is 7.02. The SMILES string of the molecule is CC(O)(C(=O)O)C1C2CCC1Cc1ccccc1C2. The topological polar surface area (TPSA) is 57.5 Å². The van der Waals surface area contributed by atoms with Gasteiger partial charge in [-0.3, -0.25) is 0 Å². The zero-order valence-electron chi connectivity index (χ0n) is 11.2. The molecule has 3 atom stereocenters. The Balaban J connectivity index is 1.98. The van der Waals surface area contributed by atoms with Crippen molar-refractivity contribution in [1.29, 1.82) is 0 Å². The summed E-state index contributed by atoms with van der Waals surface area (Å²) in [5.41, 5.74) is 1.07. The maximum absolute atomic E-state index is 11.4. The number of carbonyl (C=O) groups is 1. The molecule has 19 heavy (non-hydrogen) atoms. The van der Waals surface area contributed by atoms with Crippen LogP contribution < -0.4 is 0 Å². The van der Waals surface area contributed by atoms with E-state index in [2.05, 4.69) is 12.1 Å². The van der Waals surface area contributed by atoms with E-state index in [0.717, 1.165) is 25.7 Å². The summed E-state index contributed by atoms with van der Waals surface area (Å²) in [4.78, 5) is 11.4. The van der Waals surface area contributed by atoms with Crippen LogP contribution in [0.3, 0.4) is 0 Å². The molecule has 0 saturated heterocycles. The summed E-state index contributed by atoms with van der Waals surface area (Å²) in [6.45, 7) is 1.47. The molecular formula is C16H20O3. The van der Waals surface area contributed by atoms with Crippen molar-refractivity contribution >= 4 is 5.97 Å². The van der Waals surface area contributed by atoms with Crippen LogP contribution in [0, 0.1) is 17.8 Å². The average Bonchev–Trinajstić information content (AvgIpc) is 2.65. The van der Waals surface area contributed by atoms with Gasteiger partial charge in [0.25, 0.3) is 0 Å². The van der Waals surface area contributed by atoms with Crippen LogP contribution in [-0.4, -0.2) is 21.8 Å². The molecule has 1 aromatic rings. The highest BCUT2D eigenvalue weighted by Gasteiger charge is 2.51. The normalized spacial score (nSPS) is 32.2. The van der Waals surface area contributed by atoms with Gasteiger partial charge in [0.05, 0.1) is 0 Å². The molecule has 1 aromatic carbocycles. The molecule has 3 heteroatoms. The lowest BCUT2D eigenvalue weighted by Crippen LogP contribution is -2.47. The lowest BCUT2D eigenvalue weighted by Gasteiger charge is -2.33. The molecule has 2 aliphatic rings. The Hall–Kier alpha value is -1.35. The molecule has 102 valence electrons. The average molecular weight is 260 g/mol. The Morgan fingerprint density at radius 1 is 1.16 bits per heavy atom. The Kier molecular flexibility index (Phi) is 2.90. The van der Waals surface area contributed by atoms with Gasteiger partial charge in [-0.25, -0.2) is 4.79 Å². The molecule has 2 N–H and O–H groups in total. The fraction of sp³-hybridized carbons (Fsp3) is 0.562. The van der Waals surface area contributed by atoms with E-state index in [-0.39, 0.29) is 5.92 Å². The highest BCUT2D eigenvalue weighted by atomic mass is 16.4. The molecule has 3 nitrogen and oxygen atoms in total. The second kappa shape index (κ2) is 4.34. The third-order valence-corrected chi connectivity index (χ3v) is 5.09. The van der Waals surface area contributed by atoms with Crippen molar-refractivity contribution in [2.45, 2.75) is 38.2 Å². The smallest absolute Gasteiger partial charge is 0.335 e. The lowest BCUT2D eigenvalue weighted by atomic mass is 9.75. The van der Waals surface area contributed by atoms with Gasteiger partial charge in [-0.1, -0.05) is 24.3 Å². The van der Waals surface area contributed by atoms with Gasteiger partial charge in [0, 0.05) is 5.92 Å². The molecule has 0 heterocycles. The number of benzene rings is 1. The van der Waals surface area contributed by atoms with Gasteiger partial charge in [-0.05, 0) is 55.6 Å². The van der Waals surface area contributed by atoms with Crippen molar-refractivity contribution in [3.05, 3.63) is 35.4 Å². The Labute approximate surface area is 113 Å². The second-order valence-electron chi connectivity index (χ2n) is 6.25. The molecule has 1 saturated carbocycles. The van der Waals surface area contributed by atoms with Crippen LogP contribution in [0.15, 0.2) is 24.3 Å². The summed E-state index contributed by atoms with van der Waals surface area (Å²) in [5, 5.41) is 19.7. The molecule has 3 rings (SSSR count). The van der Waals surface area contributed by atoms with Crippen molar-refractivity contribution < 1.29 is 15.0 Å². The quantitative estimate of drug-likeness (QED) is 0.857. The summed E-state index contributed by atoms with van der Waals surface area (Å²) in [6, 6.07) is 8.37. The third kappa shape index (κ3) is 1.96. The van der Waals surface area contributed by atoms with Gasteiger partial charge >= 0.3 is 5.97 Å². The van der Waals surface area contributed by atoms with Gasteiger partial charge in [-0.15, -0.1) is 0 Å². The summed E-state index contributed by atoms with van der Waals surface area (Å²) in [7, 11) is 0. The van der Waals surface area contributed by atoms with E-state index in [4.69, 9.17) is 0 Å². The van der Waals surface area contributed by atoms with Gasteiger partial charge in [0.1, 0.15) is 0 Å². The Morgan fingerprint density at radius 3 is 2.05 bits per heavy atom. The molecule has 1 fully saturated rings. The summed E-state index contributed by atoms with van der Waals surface area (Å²) >= 11 is 0. The fourth-order valence-corrected chi connectivity index (χ4v) is 4.21. The van der Waals surface area contributed by atoms with Gasteiger partial charge in [0.2, 0.25) is 0 Å². The molecule has 0 aromatic heterocycles. The highest BCUT2D eigenvalue weighted by molar-refractivity contribution is 5.77. The van der Waals surface area contributed by atoms with E-state index in [1.807, 2.05) is 12.1 Å². The molecule has 0 amide bonds. The number of fused-ring (bicyclic) bond motifs is 3. The molecule has 0 spiro atoms. The number of aliphatic hydroxyl groups is 1. The maximum Gasteiger partial charge on any atom is 0.335 e. The number of rotatable bonds is 2. The number of carboxylic acid groups (broad SMARTS) is 1. The van der Waals surface area contributed by atoms with Gasteiger partial charge in [-0.2, -0.15) is 0 Å². The fourth-order valence-electron chi connectivity index (χ4n) is 4.21. The van der Waals surface area contributed by atoms with Crippen LogP contribution >= 0.6 is 0 Å². The van der Waals surface area contributed by atoms with Gasteiger partial charge in [0.15, 0.2) is 5.60 Å². The molecule has 0 radical (unpaired) electrons. The standard InChI is InChI=1S/C16H20O3/c1-16(19,15(17)18)14-12-6-7-13(14)9-11-5-3-2-4-10(11)8-12/h2-5,12-14,19H,6-9H2,1H3,(H,17,18). The zero-order chi connectivity index (χ0) is 13.6. The number of aliphatic carboxylic acids is 1. The predicted molar refractivity (Wildman–Crippen MR) is 71.8 cm³/mol. The third-order valence-electron chi connectivity index (χ3n) is 5.09. The molecule has 3 unspecified atom stereocenters. The van der Waals surface area contributed by atoms with E-state index in [0.29, 0.717) is 11.8 Å². The molecular weight excluding hydrogens is 240 g/mol. The minimum Gasteiger partial charge on any atom is -0.479 e. The van der Waals surface area contributed by atoms with Crippen LogP contribution in [0.2, 0.25) is 0 Å². The van der Waals surface area contributed by atoms with Crippen molar-refractivity contribution in [3.63, 3.8) is 0 Å². The number of carboxylic acids is 1. The van der Waals surface area contributed by atoms with Crippen molar-refractivity contribution in [3.8, 4) is 0 Å². The summed E-state index contributed by atoms with van der Waals surface area (Å²) in [5.74, 6) is -0.628. The van der Waals surface area contributed by atoms with E-state index < -0.39 is 11.6 Å². The first-order chi connectivity index (χ1) is 9.00. The van der Waals surface area contributed by atoms with Crippen molar-refractivity contribution in [2.24, 2.45) is 17.8 Å². The first kappa shape index (κ1) is 12.7. The van der Waals surface area contributed by atoms with Crippen molar-refractivity contribution in [1.82, 2.24) is 0 Å². The Bertz CT molecular complexity index is 473.